The monoisotopic (exact) mass is 306 g/mol. The van der Waals surface area contributed by atoms with E-state index in [0.717, 1.165) is 22.7 Å². The van der Waals surface area contributed by atoms with Crippen LogP contribution in [-0.2, 0) is 13.0 Å². The number of methoxy groups -OCH3 is 1. The average molecular weight is 307 g/mol. The van der Waals surface area contributed by atoms with Crippen LogP contribution in [-0.4, -0.2) is 32.5 Å². The highest BCUT2D eigenvalue weighted by atomic mass is 35.5. The van der Waals surface area contributed by atoms with Crippen molar-refractivity contribution in [2.45, 2.75) is 19.9 Å². The van der Waals surface area contributed by atoms with Crippen molar-refractivity contribution in [2.24, 2.45) is 0 Å². The van der Waals surface area contributed by atoms with Gasteiger partial charge in [-0.2, -0.15) is 4.98 Å². The Hall–Kier alpha value is -2.08. The number of fused-ring (bicyclic) bond motifs is 1. The molecular formula is C14H15ClN4O2. The third kappa shape index (κ3) is 2.71. The van der Waals surface area contributed by atoms with E-state index in [1.165, 1.54) is 0 Å². The van der Waals surface area contributed by atoms with Crippen molar-refractivity contribution in [1.29, 1.82) is 0 Å². The summed E-state index contributed by atoms with van der Waals surface area (Å²) in [5.41, 5.74) is 1.55. The molecule has 0 radical (unpaired) electrons. The Morgan fingerprint density at radius 3 is 2.86 bits per heavy atom. The molecule has 21 heavy (non-hydrogen) atoms. The van der Waals surface area contributed by atoms with E-state index in [1.54, 1.807) is 19.4 Å². The van der Waals surface area contributed by atoms with Crippen LogP contribution in [0.3, 0.4) is 0 Å². The smallest absolute Gasteiger partial charge is 0.215 e. The summed E-state index contributed by atoms with van der Waals surface area (Å²) >= 11 is 5.86. The Kier molecular flexibility index (Phi) is 3.79. The van der Waals surface area contributed by atoms with E-state index in [-0.39, 0.29) is 0 Å². The van der Waals surface area contributed by atoms with Crippen LogP contribution in [0.5, 0.6) is 5.88 Å². The third-order valence-corrected chi connectivity index (χ3v) is 3.32. The van der Waals surface area contributed by atoms with Crippen LogP contribution in [0, 0.1) is 6.92 Å². The zero-order valence-electron chi connectivity index (χ0n) is 11.8. The molecule has 3 heterocycles. The fourth-order valence-electron chi connectivity index (χ4n) is 2.20. The number of hydrogen-bond acceptors (Lipinski definition) is 5. The normalized spacial score (nSPS) is 11.2. The van der Waals surface area contributed by atoms with E-state index in [2.05, 4.69) is 15.0 Å². The molecule has 7 heteroatoms. The number of pyridine rings is 1. The summed E-state index contributed by atoms with van der Waals surface area (Å²) in [5.74, 6) is 3.29. The van der Waals surface area contributed by atoms with Gasteiger partial charge in [0.1, 0.15) is 23.6 Å². The highest BCUT2D eigenvalue weighted by molar-refractivity contribution is 6.17. The second-order valence-electron chi connectivity index (χ2n) is 4.61. The van der Waals surface area contributed by atoms with E-state index >= 15 is 0 Å². The van der Waals surface area contributed by atoms with Crippen LogP contribution in [0.15, 0.2) is 22.7 Å². The van der Waals surface area contributed by atoms with Gasteiger partial charge < -0.3 is 13.7 Å². The third-order valence-electron chi connectivity index (χ3n) is 3.14. The quantitative estimate of drug-likeness (QED) is 0.678. The molecular weight excluding hydrogens is 292 g/mol. The molecule has 3 rings (SSSR count). The van der Waals surface area contributed by atoms with Gasteiger partial charge in [-0.1, -0.05) is 0 Å². The van der Waals surface area contributed by atoms with Crippen LogP contribution >= 0.6 is 11.6 Å². The Morgan fingerprint density at radius 1 is 1.33 bits per heavy atom. The first kappa shape index (κ1) is 13.9. The first-order valence-corrected chi connectivity index (χ1v) is 7.12. The number of imidazole rings is 1. The lowest BCUT2D eigenvalue weighted by molar-refractivity contribution is 0.398. The molecule has 0 saturated heterocycles. The number of alkyl halides is 1. The lowest BCUT2D eigenvalue weighted by Crippen LogP contribution is -2.07. The minimum absolute atomic E-state index is 0.469. The van der Waals surface area contributed by atoms with Crippen molar-refractivity contribution in [3.63, 3.8) is 0 Å². The molecule has 3 aromatic rings. The summed E-state index contributed by atoms with van der Waals surface area (Å²) in [4.78, 5) is 13.3. The summed E-state index contributed by atoms with van der Waals surface area (Å²) < 4.78 is 12.7. The molecule has 0 atom stereocenters. The molecule has 0 aliphatic heterocycles. The molecule has 0 aliphatic rings. The maximum absolute atomic E-state index is 5.86. The Labute approximate surface area is 126 Å². The van der Waals surface area contributed by atoms with Crippen molar-refractivity contribution < 1.29 is 9.15 Å². The molecule has 0 fully saturated rings. The van der Waals surface area contributed by atoms with Gasteiger partial charge >= 0.3 is 0 Å². The van der Waals surface area contributed by atoms with Gasteiger partial charge in [0.15, 0.2) is 5.65 Å². The van der Waals surface area contributed by atoms with Crippen molar-refractivity contribution in [2.75, 3.05) is 13.0 Å². The fourth-order valence-corrected chi connectivity index (χ4v) is 2.37. The molecule has 6 nitrogen and oxygen atoms in total. The van der Waals surface area contributed by atoms with Gasteiger partial charge in [0.2, 0.25) is 11.8 Å². The van der Waals surface area contributed by atoms with Gasteiger partial charge in [-0.15, -0.1) is 11.6 Å². The summed E-state index contributed by atoms with van der Waals surface area (Å²) in [7, 11) is 1.59. The molecule has 0 aliphatic carbocycles. The van der Waals surface area contributed by atoms with Gasteiger partial charge in [0.05, 0.1) is 13.3 Å². The summed E-state index contributed by atoms with van der Waals surface area (Å²) in [6.07, 6.45) is 2.35. The number of rotatable bonds is 5. The number of oxazole rings is 1. The molecule has 0 bridgehead atoms. The first-order chi connectivity index (χ1) is 10.2. The first-order valence-electron chi connectivity index (χ1n) is 6.58. The number of nitrogens with zero attached hydrogens (tertiary/aromatic N) is 4. The molecule has 0 aromatic carbocycles. The van der Waals surface area contributed by atoms with Crippen LogP contribution in [0.4, 0.5) is 0 Å². The SMILES string of the molecule is COc1ccc2nc(CCCl)n(Cc3ncc(C)o3)c2n1. The summed E-state index contributed by atoms with van der Waals surface area (Å²) in [6.45, 7) is 2.33. The fraction of sp³-hybridized carbons (Fsp3) is 0.357. The molecule has 110 valence electrons. The van der Waals surface area contributed by atoms with E-state index in [0.29, 0.717) is 30.6 Å². The highest BCUT2D eigenvalue weighted by Crippen LogP contribution is 2.20. The van der Waals surface area contributed by atoms with E-state index in [4.69, 9.17) is 20.8 Å². The van der Waals surface area contributed by atoms with Crippen LogP contribution in [0.2, 0.25) is 0 Å². The maximum Gasteiger partial charge on any atom is 0.215 e. The van der Waals surface area contributed by atoms with Crippen molar-refractivity contribution in [1.82, 2.24) is 19.5 Å². The average Bonchev–Trinajstić information content (AvgIpc) is 3.04. The van der Waals surface area contributed by atoms with Crippen molar-refractivity contribution >= 4 is 22.8 Å². The van der Waals surface area contributed by atoms with E-state index in [9.17, 15) is 0 Å². The Balaban J connectivity index is 2.09. The molecule has 3 aromatic heterocycles. The molecule has 0 saturated carbocycles. The summed E-state index contributed by atoms with van der Waals surface area (Å²) in [5, 5.41) is 0. The van der Waals surface area contributed by atoms with Crippen LogP contribution < -0.4 is 4.74 Å². The Bertz CT molecular complexity index is 766. The van der Waals surface area contributed by atoms with Gasteiger partial charge in [-0.3, -0.25) is 0 Å². The number of ether oxygens (including phenoxy) is 1. The van der Waals surface area contributed by atoms with Gasteiger partial charge in [-0.25, -0.2) is 9.97 Å². The van der Waals surface area contributed by atoms with Gasteiger partial charge in [0.25, 0.3) is 0 Å². The largest absolute Gasteiger partial charge is 0.481 e. The van der Waals surface area contributed by atoms with Gasteiger partial charge in [0, 0.05) is 18.4 Å². The molecule has 0 spiro atoms. The zero-order chi connectivity index (χ0) is 14.8. The topological polar surface area (TPSA) is 66.0 Å². The number of hydrogen-bond donors (Lipinski definition) is 0. The van der Waals surface area contributed by atoms with Crippen LogP contribution in [0.1, 0.15) is 17.5 Å². The van der Waals surface area contributed by atoms with Gasteiger partial charge in [-0.05, 0) is 13.0 Å². The lowest BCUT2D eigenvalue weighted by Gasteiger charge is -2.05. The second-order valence-corrected chi connectivity index (χ2v) is 4.99. The second kappa shape index (κ2) is 5.73. The Morgan fingerprint density at radius 2 is 2.19 bits per heavy atom. The number of halogens is 1. The number of aryl methyl sites for hydroxylation is 2. The van der Waals surface area contributed by atoms with E-state index in [1.807, 2.05) is 17.6 Å². The maximum atomic E-state index is 5.86. The summed E-state index contributed by atoms with van der Waals surface area (Å²) in [6, 6.07) is 3.68. The zero-order valence-corrected chi connectivity index (χ0v) is 12.6. The lowest BCUT2D eigenvalue weighted by atomic mass is 10.4. The molecule has 0 N–H and O–H groups in total. The van der Waals surface area contributed by atoms with Crippen LogP contribution in [0.25, 0.3) is 11.2 Å². The van der Waals surface area contributed by atoms with Crippen molar-refractivity contribution in [3.05, 3.63) is 35.8 Å². The minimum Gasteiger partial charge on any atom is -0.481 e. The predicted molar refractivity (Wildman–Crippen MR) is 78.8 cm³/mol. The predicted octanol–water partition coefficient (Wildman–Crippen LogP) is 2.57. The standard InChI is InChI=1S/C14H15ClN4O2/c1-9-7-16-13(21-9)8-19-11(5-6-15)17-10-3-4-12(20-2)18-14(10)19/h3-4,7H,5-6,8H2,1-2H3. The number of aromatic nitrogens is 4. The molecule has 0 amide bonds. The van der Waals surface area contributed by atoms with Crippen molar-refractivity contribution in [3.8, 4) is 5.88 Å². The molecule has 0 unspecified atom stereocenters. The minimum atomic E-state index is 0.469. The highest BCUT2D eigenvalue weighted by Gasteiger charge is 2.15. The van der Waals surface area contributed by atoms with E-state index < -0.39 is 0 Å².